The van der Waals surface area contributed by atoms with E-state index in [1.54, 1.807) is 0 Å². The molecule has 0 aromatic carbocycles. The van der Waals surface area contributed by atoms with Gasteiger partial charge in [-0.1, -0.05) is 47.0 Å². The summed E-state index contributed by atoms with van der Waals surface area (Å²) in [6, 6.07) is -0.149. The van der Waals surface area contributed by atoms with Crippen LogP contribution in [0.3, 0.4) is 0 Å². The Morgan fingerprint density at radius 3 is 2.22 bits per heavy atom. The van der Waals surface area contributed by atoms with Crippen molar-refractivity contribution in [3.63, 3.8) is 0 Å². The largest absolute Gasteiger partial charge is 0.341 e. The Balaban J connectivity index is 1.57. The third kappa shape index (κ3) is 7.69. The highest BCUT2D eigenvalue weighted by molar-refractivity contribution is 5.90. The molecule has 0 aromatic heterocycles. The fraction of sp³-hybridized carbons (Fsp3) is 0.897. The average Bonchev–Trinajstić information content (AvgIpc) is 2.85. The van der Waals surface area contributed by atoms with Crippen LogP contribution in [0.4, 0.5) is 0 Å². The van der Waals surface area contributed by atoms with Gasteiger partial charge >= 0.3 is 0 Å². The summed E-state index contributed by atoms with van der Waals surface area (Å²) in [6.07, 6.45) is 9.91. The fourth-order valence-corrected chi connectivity index (χ4v) is 6.49. The van der Waals surface area contributed by atoms with E-state index in [4.69, 9.17) is 0 Å². The number of carbonyl (C=O) groups is 3. The Bertz CT molecular complexity index is 726. The predicted octanol–water partition coefficient (Wildman–Crippen LogP) is 4.06. The molecule has 3 rings (SSSR count). The molecule has 3 aliphatic rings. The summed E-state index contributed by atoms with van der Waals surface area (Å²) in [5.74, 6) is 1.59. The maximum atomic E-state index is 13.7. The van der Waals surface area contributed by atoms with Crippen molar-refractivity contribution in [3.8, 4) is 0 Å². The highest BCUT2D eigenvalue weighted by Crippen LogP contribution is 2.28. The summed E-state index contributed by atoms with van der Waals surface area (Å²) in [4.78, 5) is 46.1. The molecule has 2 saturated heterocycles. The number of likely N-dealkylation sites (tertiary alicyclic amines) is 1. The van der Waals surface area contributed by atoms with Crippen molar-refractivity contribution in [1.29, 1.82) is 0 Å². The molecule has 1 N–H and O–H groups in total. The molecule has 0 aromatic rings. The van der Waals surface area contributed by atoms with Crippen LogP contribution in [0.1, 0.15) is 98.8 Å². The van der Waals surface area contributed by atoms with Gasteiger partial charge in [-0.25, -0.2) is 0 Å². The number of piperidine rings is 1. The summed E-state index contributed by atoms with van der Waals surface area (Å²) in [5.41, 5.74) is 0. The van der Waals surface area contributed by atoms with Crippen LogP contribution in [0.25, 0.3) is 0 Å². The van der Waals surface area contributed by atoms with Crippen LogP contribution < -0.4 is 5.32 Å². The van der Waals surface area contributed by atoms with Crippen molar-refractivity contribution < 1.29 is 14.4 Å². The van der Waals surface area contributed by atoms with Crippen LogP contribution in [0.5, 0.6) is 0 Å². The lowest BCUT2D eigenvalue weighted by molar-refractivity contribution is -0.150. The van der Waals surface area contributed by atoms with E-state index in [-0.39, 0.29) is 23.9 Å². The molecule has 3 amide bonds. The molecule has 2 atom stereocenters. The molecule has 1 unspecified atom stereocenters. The van der Waals surface area contributed by atoms with Gasteiger partial charge < -0.3 is 20.0 Å². The summed E-state index contributed by atoms with van der Waals surface area (Å²) < 4.78 is 0. The summed E-state index contributed by atoms with van der Waals surface area (Å²) in [5, 5.41) is 3.37. The standard InChI is InChI=1S/C29H52N4O3/c1-6-32(24-10-8-7-9-11-24)27(34)20-23-12-15-31(16-13-23)29(36)26(19-22(4)5)33-17-14-30-25(28(33)35)18-21(2)3/h21-26,30H,6-20H2,1-5H3/t25-,26?/m0/s1. The number of hydrogen-bond acceptors (Lipinski definition) is 4. The fourth-order valence-electron chi connectivity index (χ4n) is 6.49. The normalized spacial score (nSPS) is 23.4. The predicted molar refractivity (Wildman–Crippen MR) is 144 cm³/mol. The molecule has 0 radical (unpaired) electrons. The first-order chi connectivity index (χ1) is 17.2. The van der Waals surface area contributed by atoms with Crippen LogP contribution >= 0.6 is 0 Å². The molecule has 2 aliphatic heterocycles. The van der Waals surface area contributed by atoms with E-state index >= 15 is 0 Å². The van der Waals surface area contributed by atoms with Crippen LogP contribution in [0.15, 0.2) is 0 Å². The Hall–Kier alpha value is -1.63. The first-order valence-corrected chi connectivity index (χ1v) is 14.8. The van der Waals surface area contributed by atoms with Crippen LogP contribution in [0.2, 0.25) is 0 Å². The molecule has 2 heterocycles. The van der Waals surface area contributed by atoms with Gasteiger partial charge in [0.25, 0.3) is 0 Å². The van der Waals surface area contributed by atoms with Crippen molar-refractivity contribution >= 4 is 17.7 Å². The van der Waals surface area contributed by atoms with E-state index in [2.05, 4.69) is 44.8 Å². The summed E-state index contributed by atoms with van der Waals surface area (Å²) in [6.45, 7) is 14.1. The molecule has 0 spiro atoms. The zero-order valence-electron chi connectivity index (χ0n) is 23.6. The molecule has 0 bridgehead atoms. The highest BCUT2D eigenvalue weighted by Gasteiger charge is 2.39. The van der Waals surface area contributed by atoms with Crippen molar-refractivity contribution in [2.45, 2.75) is 117 Å². The lowest BCUT2D eigenvalue weighted by Gasteiger charge is -2.42. The van der Waals surface area contributed by atoms with Gasteiger partial charge in [-0.2, -0.15) is 0 Å². The molecule has 3 fully saturated rings. The number of amides is 3. The maximum absolute atomic E-state index is 13.7. The minimum Gasteiger partial charge on any atom is -0.341 e. The molecule has 1 saturated carbocycles. The summed E-state index contributed by atoms with van der Waals surface area (Å²) >= 11 is 0. The van der Waals surface area contributed by atoms with E-state index in [1.165, 1.54) is 19.3 Å². The molecule has 36 heavy (non-hydrogen) atoms. The Morgan fingerprint density at radius 2 is 1.64 bits per heavy atom. The highest BCUT2D eigenvalue weighted by atomic mass is 16.2. The minimum atomic E-state index is -0.380. The zero-order chi connectivity index (χ0) is 26.2. The van der Waals surface area contributed by atoms with E-state index in [0.29, 0.717) is 62.2 Å². The van der Waals surface area contributed by atoms with Gasteiger partial charge in [-0.05, 0) is 63.2 Å². The van der Waals surface area contributed by atoms with E-state index < -0.39 is 0 Å². The minimum absolute atomic E-state index is 0.0804. The number of nitrogens with one attached hydrogen (secondary N) is 1. The van der Waals surface area contributed by atoms with E-state index in [9.17, 15) is 14.4 Å². The van der Waals surface area contributed by atoms with Crippen LogP contribution in [0, 0.1) is 17.8 Å². The molecular weight excluding hydrogens is 452 g/mol. The lowest BCUT2D eigenvalue weighted by atomic mass is 9.90. The van der Waals surface area contributed by atoms with Crippen molar-refractivity contribution in [2.24, 2.45) is 17.8 Å². The molecule has 1 aliphatic carbocycles. The van der Waals surface area contributed by atoms with Crippen molar-refractivity contribution in [2.75, 3.05) is 32.7 Å². The monoisotopic (exact) mass is 504 g/mol. The molecule has 206 valence electrons. The van der Waals surface area contributed by atoms with Gasteiger partial charge in [0, 0.05) is 45.2 Å². The first kappa shape index (κ1) is 28.9. The SMILES string of the molecule is CCN(C(=O)CC1CCN(C(=O)C(CC(C)C)N2CCN[C@@H](CC(C)C)C2=O)CC1)C1CCCCC1. The topological polar surface area (TPSA) is 73.0 Å². The smallest absolute Gasteiger partial charge is 0.245 e. The van der Waals surface area contributed by atoms with E-state index in [0.717, 1.165) is 45.2 Å². The average molecular weight is 505 g/mol. The molecule has 7 nitrogen and oxygen atoms in total. The molecule has 7 heteroatoms. The second kappa shape index (κ2) is 13.8. The first-order valence-electron chi connectivity index (χ1n) is 14.8. The van der Waals surface area contributed by atoms with Gasteiger partial charge in [0.2, 0.25) is 17.7 Å². The number of piperazine rings is 1. The van der Waals surface area contributed by atoms with E-state index in [1.807, 2.05) is 9.80 Å². The number of rotatable bonds is 10. The van der Waals surface area contributed by atoms with Gasteiger partial charge in [-0.3, -0.25) is 14.4 Å². The second-order valence-electron chi connectivity index (χ2n) is 12.3. The lowest BCUT2D eigenvalue weighted by Crippen LogP contribution is -2.62. The van der Waals surface area contributed by atoms with Gasteiger partial charge in [0.1, 0.15) is 6.04 Å². The number of hydrogen-bond donors (Lipinski definition) is 1. The van der Waals surface area contributed by atoms with Crippen molar-refractivity contribution in [1.82, 2.24) is 20.0 Å². The number of nitrogens with zero attached hydrogens (tertiary/aromatic N) is 3. The molecular formula is C29H52N4O3. The van der Waals surface area contributed by atoms with Gasteiger partial charge in [0.15, 0.2) is 0 Å². The van der Waals surface area contributed by atoms with Gasteiger partial charge in [-0.15, -0.1) is 0 Å². The van der Waals surface area contributed by atoms with Crippen LogP contribution in [-0.4, -0.2) is 83.3 Å². The second-order valence-corrected chi connectivity index (χ2v) is 12.3. The Kier molecular flexibility index (Phi) is 11.1. The van der Waals surface area contributed by atoms with Crippen molar-refractivity contribution in [3.05, 3.63) is 0 Å². The van der Waals surface area contributed by atoms with Crippen LogP contribution in [-0.2, 0) is 14.4 Å². The third-order valence-electron chi connectivity index (χ3n) is 8.45. The quantitative estimate of drug-likeness (QED) is 0.487. The maximum Gasteiger partial charge on any atom is 0.245 e. The zero-order valence-corrected chi connectivity index (χ0v) is 23.6. The Labute approximate surface area is 219 Å². The third-order valence-corrected chi connectivity index (χ3v) is 8.45. The summed E-state index contributed by atoms with van der Waals surface area (Å²) in [7, 11) is 0. The van der Waals surface area contributed by atoms with Gasteiger partial charge in [0.05, 0.1) is 6.04 Å². The number of carbonyl (C=O) groups excluding carboxylic acids is 3. The Morgan fingerprint density at radius 1 is 0.972 bits per heavy atom.